The maximum atomic E-state index is 6.08. The van der Waals surface area contributed by atoms with Crippen LogP contribution in [0.5, 0.6) is 0 Å². The molecule has 0 aliphatic heterocycles. The number of pyridine rings is 3. The first kappa shape index (κ1) is 36.7. The Morgan fingerprint density at radius 1 is 0.766 bits per heavy atom. The van der Waals surface area contributed by atoms with Crippen LogP contribution in [0.2, 0.25) is 17.3 Å². The summed E-state index contributed by atoms with van der Waals surface area (Å²) in [4.78, 5) is 13.8. The quantitative estimate of drug-likeness (QED) is 0.128. The Morgan fingerprint density at radius 3 is 2.17 bits per heavy atom. The van der Waals surface area contributed by atoms with E-state index in [0.29, 0.717) is 11.1 Å². The third-order valence-corrected chi connectivity index (χ3v) is 12.1. The van der Waals surface area contributed by atoms with Gasteiger partial charge in [0.15, 0.2) is 0 Å². The molecule has 6 aromatic rings. The van der Waals surface area contributed by atoms with Gasteiger partial charge >= 0.3 is 132 Å². The third-order valence-electron chi connectivity index (χ3n) is 7.76. The van der Waals surface area contributed by atoms with Crippen molar-refractivity contribution in [3.05, 3.63) is 108 Å². The molecular weight excluding hydrogens is 815 g/mol. The van der Waals surface area contributed by atoms with Crippen LogP contribution in [-0.4, -0.2) is 28.2 Å². The van der Waals surface area contributed by atoms with Gasteiger partial charge in [0.2, 0.25) is 5.71 Å². The van der Waals surface area contributed by atoms with Crippen LogP contribution in [-0.2, 0) is 32.9 Å². The molecule has 0 bridgehead atoms. The van der Waals surface area contributed by atoms with E-state index in [4.69, 9.17) is 9.40 Å². The number of benzene rings is 2. The van der Waals surface area contributed by atoms with Crippen LogP contribution in [0.4, 0.5) is 0 Å². The van der Waals surface area contributed by atoms with Crippen LogP contribution in [0.15, 0.2) is 83.5 Å². The summed E-state index contributed by atoms with van der Waals surface area (Å²) in [6, 6.07) is 29.2. The molecule has 0 saturated carbocycles. The van der Waals surface area contributed by atoms with Gasteiger partial charge in [-0.3, -0.25) is 0 Å². The fourth-order valence-corrected chi connectivity index (χ4v) is 9.13. The standard InChI is InChI=1S/C22H21N2O.C19H26GeN.Ir/c1-14-8-9-17-16-6-5-7-18(20(16)25-21(17)24-14)19-12-15(10-11-23-19)13-22(2,3)4;1-19(2,3)13-16-12-18(15-10-8-7-9-11-15)21-14-17(16)20(4,5)6;/h5-6,8-12H,13H2,1-4H3;7-10,12,14H,13H2,1-6H3;/q2*-1;. The van der Waals surface area contributed by atoms with Crippen LogP contribution in [0, 0.1) is 29.9 Å². The van der Waals surface area contributed by atoms with Crippen LogP contribution in [0.25, 0.3) is 44.6 Å². The first-order valence-corrected chi connectivity index (χ1v) is 23.5. The minimum Gasteiger partial charge on any atom is -0.486 e. The zero-order chi connectivity index (χ0) is 33.3. The zero-order valence-corrected chi connectivity index (χ0v) is 34.0. The second-order valence-corrected chi connectivity index (χ2v) is 26.4. The Kier molecular flexibility index (Phi) is 11.4. The first-order chi connectivity index (χ1) is 21.6. The van der Waals surface area contributed by atoms with E-state index >= 15 is 0 Å². The van der Waals surface area contributed by atoms with E-state index in [2.05, 4.69) is 117 Å². The second-order valence-electron chi connectivity index (χ2n) is 15.8. The molecule has 0 spiro atoms. The molecule has 0 aliphatic carbocycles. The minimum atomic E-state index is -1.90. The number of hydrogen-bond acceptors (Lipinski definition) is 4. The van der Waals surface area contributed by atoms with Gasteiger partial charge in [-0.1, -0.05) is 43.4 Å². The van der Waals surface area contributed by atoms with Gasteiger partial charge in [0, 0.05) is 37.4 Å². The normalized spacial score (nSPS) is 12.0. The molecule has 0 saturated heterocycles. The molecule has 6 heteroatoms. The number of furan rings is 1. The molecule has 0 fully saturated rings. The Morgan fingerprint density at radius 2 is 1.51 bits per heavy atom. The number of hydrogen-bond donors (Lipinski definition) is 0. The van der Waals surface area contributed by atoms with Crippen LogP contribution >= 0.6 is 0 Å². The van der Waals surface area contributed by atoms with Gasteiger partial charge in [0.25, 0.3) is 0 Å². The van der Waals surface area contributed by atoms with E-state index in [1.165, 1.54) is 15.5 Å². The zero-order valence-electron chi connectivity index (χ0n) is 29.5. The summed E-state index contributed by atoms with van der Waals surface area (Å²) in [5, 5.41) is 2.08. The SMILES string of the molecule is CC(C)(C)Cc1cc(-c2[c-]cccc2)nc[c]1[Ge]([CH3])([CH3])[CH3].Cc1ccc2c(n1)oc1c(-c3cc(CC(C)(C)C)ccn3)[c-]ccc12.[Ir]. The molecule has 47 heavy (non-hydrogen) atoms. The Balaban J connectivity index is 0.000000212. The summed E-state index contributed by atoms with van der Waals surface area (Å²) in [6.45, 7) is 15.6. The summed E-state index contributed by atoms with van der Waals surface area (Å²) in [7, 11) is 0. The van der Waals surface area contributed by atoms with Gasteiger partial charge in [0.05, 0.1) is 5.58 Å². The molecular formula is C41H47GeIrN3O-2. The largest absolute Gasteiger partial charge is 0.486 e. The molecule has 2 aromatic carbocycles. The topological polar surface area (TPSA) is 51.8 Å². The summed E-state index contributed by atoms with van der Waals surface area (Å²) >= 11 is -1.90. The Labute approximate surface area is 297 Å². The van der Waals surface area contributed by atoms with Gasteiger partial charge in [-0.05, 0) is 42.7 Å². The number of rotatable bonds is 5. The van der Waals surface area contributed by atoms with Crippen molar-refractivity contribution in [2.75, 3.05) is 0 Å². The average molecular weight is 863 g/mol. The van der Waals surface area contributed by atoms with Crippen molar-refractivity contribution in [1.29, 1.82) is 0 Å². The average Bonchev–Trinajstić information content (AvgIpc) is 3.33. The maximum Gasteiger partial charge on any atom is 0.216 e. The van der Waals surface area contributed by atoms with Crippen molar-refractivity contribution in [3.8, 4) is 22.5 Å². The van der Waals surface area contributed by atoms with Gasteiger partial charge in [-0.15, -0.1) is 18.2 Å². The van der Waals surface area contributed by atoms with Crippen molar-refractivity contribution in [2.24, 2.45) is 10.8 Å². The van der Waals surface area contributed by atoms with Crippen LogP contribution in [0.1, 0.15) is 58.4 Å². The molecule has 6 rings (SSSR count). The molecule has 247 valence electrons. The number of fused-ring (bicyclic) bond motifs is 3. The van der Waals surface area contributed by atoms with Gasteiger partial charge in [-0.2, -0.15) is 0 Å². The first-order valence-electron chi connectivity index (χ1n) is 16.2. The molecule has 1 radical (unpaired) electrons. The molecule has 4 aromatic heterocycles. The molecule has 4 nitrogen and oxygen atoms in total. The molecule has 0 N–H and O–H groups in total. The molecule has 0 amide bonds. The van der Waals surface area contributed by atoms with E-state index in [1.807, 2.05) is 49.5 Å². The monoisotopic (exact) mass is 864 g/mol. The minimum absolute atomic E-state index is 0. The van der Waals surface area contributed by atoms with Crippen molar-refractivity contribution in [2.45, 2.75) is 78.6 Å². The fourth-order valence-electron chi connectivity index (χ4n) is 5.83. The predicted molar refractivity (Wildman–Crippen MR) is 196 cm³/mol. The summed E-state index contributed by atoms with van der Waals surface area (Å²) in [5.41, 5.74) is 9.61. The smallest absolute Gasteiger partial charge is 0.216 e. The van der Waals surface area contributed by atoms with Gasteiger partial charge in [0.1, 0.15) is 0 Å². The van der Waals surface area contributed by atoms with E-state index in [-0.39, 0.29) is 25.5 Å². The Bertz CT molecular complexity index is 1960. The van der Waals surface area contributed by atoms with E-state index in [0.717, 1.165) is 57.4 Å². The fraction of sp³-hybridized carbons (Fsp3) is 0.341. The maximum absolute atomic E-state index is 6.08. The van der Waals surface area contributed by atoms with Gasteiger partial charge < -0.3 is 9.40 Å². The van der Waals surface area contributed by atoms with Crippen LogP contribution < -0.4 is 4.40 Å². The van der Waals surface area contributed by atoms with E-state index in [9.17, 15) is 0 Å². The predicted octanol–water partition coefficient (Wildman–Crippen LogP) is 10.4. The third kappa shape index (κ3) is 9.49. The van der Waals surface area contributed by atoms with Crippen molar-refractivity contribution >= 4 is 39.7 Å². The van der Waals surface area contributed by atoms with Crippen molar-refractivity contribution < 1.29 is 24.5 Å². The summed E-state index contributed by atoms with van der Waals surface area (Å²) in [5.74, 6) is 7.33. The number of aromatic nitrogens is 3. The van der Waals surface area contributed by atoms with Crippen molar-refractivity contribution in [1.82, 2.24) is 15.0 Å². The summed E-state index contributed by atoms with van der Waals surface area (Å²) < 4.78 is 7.61. The molecule has 4 heterocycles. The van der Waals surface area contributed by atoms with Crippen molar-refractivity contribution in [3.63, 3.8) is 0 Å². The van der Waals surface area contributed by atoms with E-state index < -0.39 is 13.3 Å². The van der Waals surface area contributed by atoms with Crippen LogP contribution in [0.3, 0.4) is 0 Å². The number of aryl methyl sites for hydroxylation is 1. The van der Waals surface area contributed by atoms with E-state index in [1.54, 1.807) is 0 Å². The molecule has 0 aliphatic rings. The van der Waals surface area contributed by atoms with Gasteiger partial charge in [-0.25, -0.2) is 4.98 Å². The summed E-state index contributed by atoms with van der Waals surface area (Å²) in [6.07, 6.45) is 6.11. The second kappa shape index (κ2) is 14.6. The molecule has 0 atom stereocenters. The molecule has 0 unspecified atom stereocenters. The Hall–Kier alpha value is -3.12. The number of nitrogens with zero attached hydrogens (tertiary/aromatic N) is 3.